The third kappa shape index (κ3) is 3.42. The van der Waals surface area contributed by atoms with Crippen LogP contribution in [0.4, 0.5) is 11.4 Å². The monoisotopic (exact) mass is 305 g/mol. The van der Waals surface area contributed by atoms with E-state index in [2.05, 4.69) is 10.5 Å². The second-order valence-corrected chi connectivity index (χ2v) is 5.14. The Bertz CT molecular complexity index is 724. The molecule has 0 aliphatic rings. The van der Waals surface area contributed by atoms with Crippen LogP contribution in [0.5, 0.6) is 0 Å². The van der Waals surface area contributed by atoms with Gasteiger partial charge in [0.1, 0.15) is 10.6 Å². The molecule has 2 rings (SSSR count). The van der Waals surface area contributed by atoms with Crippen LogP contribution in [-0.4, -0.2) is 21.7 Å². The summed E-state index contributed by atoms with van der Waals surface area (Å²) in [7, 11) is 0. The number of carboxylic acids is 1. The summed E-state index contributed by atoms with van der Waals surface area (Å²) in [6.07, 6.45) is 0. The number of nitro benzene ring substituents is 1. The van der Waals surface area contributed by atoms with Crippen LogP contribution in [0.15, 0.2) is 41.5 Å². The van der Waals surface area contributed by atoms with Gasteiger partial charge in [-0.3, -0.25) is 15.5 Å². The molecule has 0 radical (unpaired) electrons. The summed E-state index contributed by atoms with van der Waals surface area (Å²) in [6.45, 7) is 1.69. The molecule has 0 unspecified atom stereocenters. The van der Waals surface area contributed by atoms with Gasteiger partial charge in [0, 0.05) is 6.07 Å². The topological polar surface area (TPSA) is 105 Å². The lowest BCUT2D eigenvalue weighted by Crippen LogP contribution is -2.00. The zero-order chi connectivity index (χ0) is 15.4. The highest BCUT2D eigenvalue weighted by Crippen LogP contribution is 2.23. The molecule has 0 atom stereocenters. The number of nitrogens with zero attached hydrogens (tertiary/aromatic N) is 2. The molecule has 0 aliphatic heterocycles. The number of rotatable bonds is 5. The average Bonchev–Trinajstić information content (AvgIpc) is 2.95. The van der Waals surface area contributed by atoms with Crippen molar-refractivity contribution in [2.45, 2.75) is 6.92 Å². The first kappa shape index (κ1) is 14.7. The van der Waals surface area contributed by atoms with E-state index >= 15 is 0 Å². The first-order valence-corrected chi connectivity index (χ1v) is 6.68. The minimum Gasteiger partial charge on any atom is -0.477 e. The molecule has 0 fully saturated rings. The van der Waals surface area contributed by atoms with Crippen LogP contribution in [0.3, 0.4) is 0 Å². The Balaban J connectivity index is 2.20. The van der Waals surface area contributed by atoms with Crippen molar-refractivity contribution in [3.63, 3.8) is 0 Å². The van der Waals surface area contributed by atoms with Crippen molar-refractivity contribution >= 4 is 34.4 Å². The molecule has 0 saturated carbocycles. The standard InChI is InChI=1S/C13H11N3O4S/c1-8(11-6-7-12(21-11)13(17)18)14-15-9-4-2-3-5-10(9)16(19)20/h2-7,15H,1H3,(H,17,18)/b14-8-. The highest BCUT2D eigenvalue weighted by molar-refractivity contribution is 7.15. The second-order valence-electron chi connectivity index (χ2n) is 4.05. The lowest BCUT2D eigenvalue weighted by atomic mass is 10.3. The van der Waals surface area contributed by atoms with Gasteiger partial charge in [0.2, 0.25) is 0 Å². The quantitative estimate of drug-likeness (QED) is 0.501. The van der Waals surface area contributed by atoms with E-state index in [9.17, 15) is 14.9 Å². The zero-order valence-corrected chi connectivity index (χ0v) is 11.8. The summed E-state index contributed by atoms with van der Waals surface area (Å²) in [5, 5.41) is 23.8. The highest BCUT2D eigenvalue weighted by Gasteiger charge is 2.12. The second kappa shape index (κ2) is 6.14. The summed E-state index contributed by atoms with van der Waals surface area (Å²) >= 11 is 1.09. The summed E-state index contributed by atoms with van der Waals surface area (Å²) in [6, 6.07) is 9.29. The fourth-order valence-electron chi connectivity index (χ4n) is 1.57. The molecule has 21 heavy (non-hydrogen) atoms. The van der Waals surface area contributed by atoms with Gasteiger partial charge in [-0.25, -0.2) is 4.79 Å². The number of benzene rings is 1. The molecule has 1 aromatic heterocycles. The van der Waals surface area contributed by atoms with Gasteiger partial charge in [-0.05, 0) is 25.1 Å². The van der Waals surface area contributed by atoms with Crippen molar-refractivity contribution < 1.29 is 14.8 Å². The van der Waals surface area contributed by atoms with E-state index in [-0.39, 0.29) is 16.3 Å². The van der Waals surface area contributed by atoms with Gasteiger partial charge in [0.05, 0.1) is 15.5 Å². The molecule has 0 bridgehead atoms. The van der Waals surface area contributed by atoms with Crippen molar-refractivity contribution in [3.8, 4) is 0 Å². The number of thiophene rings is 1. The van der Waals surface area contributed by atoms with Crippen LogP contribution in [0.1, 0.15) is 21.5 Å². The fraction of sp³-hybridized carbons (Fsp3) is 0.0769. The molecule has 108 valence electrons. The largest absolute Gasteiger partial charge is 0.477 e. The summed E-state index contributed by atoms with van der Waals surface area (Å²) < 4.78 is 0. The minimum atomic E-state index is -0.995. The molecule has 0 saturated heterocycles. The Morgan fingerprint density at radius 1 is 1.29 bits per heavy atom. The molecule has 8 heteroatoms. The van der Waals surface area contributed by atoms with Crippen LogP contribution >= 0.6 is 11.3 Å². The number of para-hydroxylation sites is 2. The van der Waals surface area contributed by atoms with Gasteiger partial charge >= 0.3 is 5.97 Å². The SMILES string of the molecule is C/C(=N/Nc1ccccc1[N+](=O)[O-])c1ccc(C(=O)O)s1. The molecule has 0 spiro atoms. The van der Waals surface area contributed by atoms with Crippen molar-refractivity contribution in [2.24, 2.45) is 5.10 Å². The Morgan fingerprint density at radius 3 is 2.57 bits per heavy atom. The first-order valence-electron chi connectivity index (χ1n) is 5.86. The normalized spacial score (nSPS) is 11.2. The number of anilines is 1. The molecule has 0 amide bonds. The summed E-state index contributed by atoms with van der Waals surface area (Å²) in [5.41, 5.74) is 3.38. The van der Waals surface area contributed by atoms with Gasteiger partial charge in [0.25, 0.3) is 5.69 Å². The zero-order valence-electron chi connectivity index (χ0n) is 10.9. The lowest BCUT2D eigenvalue weighted by Gasteiger charge is -2.02. The lowest BCUT2D eigenvalue weighted by molar-refractivity contribution is -0.384. The van der Waals surface area contributed by atoms with Crippen LogP contribution in [0, 0.1) is 10.1 Å². The van der Waals surface area contributed by atoms with E-state index in [1.165, 1.54) is 12.1 Å². The Kier molecular flexibility index (Phi) is 4.29. The maximum absolute atomic E-state index is 10.9. The molecule has 0 aliphatic carbocycles. The smallest absolute Gasteiger partial charge is 0.345 e. The maximum atomic E-state index is 10.9. The van der Waals surface area contributed by atoms with Crippen molar-refractivity contribution in [3.05, 3.63) is 56.3 Å². The van der Waals surface area contributed by atoms with E-state index in [1.54, 1.807) is 31.2 Å². The molecule has 2 aromatic rings. The van der Waals surface area contributed by atoms with Crippen LogP contribution in [-0.2, 0) is 0 Å². The van der Waals surface area contributed by atoms with Crippen LogP contribution in [0.25, 0.3) is 0 Å². The van der Waals surface area contributed by atoms with E-state index in [0.717, 1.165) is 11.3 Å². The van der Waals surface area contributed by atoms with Crippen LogP contribution < -0.4 is 5.43 Å². The number of aromatic carboxylic acids is 1. The average molecular weight is 305 g/mol. The highest BCUT2D eigenvalue weighted by atomic mass is 32.1. The van der Waals surface area contributed by atoms with E-state index < -0.39 is 10.9 Å². The van der Waals surface area contributed by atoms with Crippen molar-refractivity contribution in [2.75, 3.05) is 5.43 Å². The third-order valence-electron chi connectivity index (χ3n) is 2.62. The van der Waals surface area contributed by atoms with E-state index in [1.807, 2.05) is 0 Å². The Labute approximate surface area is 123 Å². The van der Waals surface area contributed by atoms with Gasteiger partial charge in [-0.2, -0.15) is 5.10 Å². The predicted molar refractivity (Wildman–Crippen MR) is 80.2 cm³/mol. The molecular formula is C13H11N3O4S. The summed E-state index contributed by atoms with van der Waals surface area (Å²) in [5.74, 6) is -0.995. The number of nitrogens with one attached hydrogen (secondary N) is 1. The summed E-state index contributed by atoms with van der Waals surface area (Å²) in [4.78, 5) is 22.1. The predicted octanol–water partition coefficient (Wildman–Crippen LogP) is 3.19. The van der Waals surface area contributed by atoms with Crippen LogP contribution in [0.2, 0.25) is 0 Å². The molecule has 1 aromatic carbocycles. The van der Waals surface area contributed by atoms with E-state index in [4.69, 9.17) is 5.11 Å². The number of hydrogen-bond donors (Lipinski definition) is 2. The fourth-order valence-corrected chi connectivity index (χ4v) is 2.36. The number of nitro groups is 1. The Morgan fingerprint density at radius 2 is 1.95 bits per heavy atom. The Hall–Kier alpha value is -2.74. The number of hydrogen-bond acceptors (Lipinski definition) is 6. The first-order chi connectivity index (χ1) is 9.99. The van der Waals surface area contributed by atoms with Gasteiger partial charge in [-0.15, -0.1) is 11.3 Å². The van der Waals surface area contributed by atoms with Crippen molar-refractivity contribution in [1.82, 2.24) is 0 Å². The molecular weight excluding hydrogens is 294 g/mol. The number of carbonyl (C=O) groups is 1. The van der Waals surface area contributed by atoms with Gasteiger partial charge in [0.15, 0.2) is 0 Å². The van der Waals surface area contributed by atoms with Gasteiger partial charge < -0.3 is 5.11 Å². The molecule has 2 N–H and O–H groups in total. The number of hydrazone groups is 1. The van der Waals surface area contributed by atoms with Gasteiger partial charge in [-0.1, -0.05) is 12.1 Å². The van der Waals surface area contributed by atoms with E-state index in [0.29, 0.717) is 10.6 Å². The minimum absolute atomic E-state index is 0.0774. The molecule has 7 nitrogen and oxygen atoms in total. The number of carboxylic acid groups (broad SMARTS) is 1. The molecule has 1 heterocycles. The maximum Gasteiger partial charge on any atom is 0.345 e. The van der Waals surface area contributed by atoms with Crippen molar-refractivity contribution in [1.29, 1.82) is 0 Å². The third-order valence-corrected chi connectivity index (χ3v) is 3.80.